The number of nitrogens with one attached hydrogen (secondary N) is 1. The van der Waals surface area contributed by atoms with Gasteiger partial charge < -0.3 is 24.3 Å². The summed E-state index contributed by atoms with van der Waals surface area (Å²) >= 11 is 0. The zero-order valence-corrected chi connectivity index (χ0v) is 20.3. The van der Waals surface area contributed by atoms with Crippen molar-refractivity contribution in [3.63, 3.8) is 0 Å². The quantitative estimate of drug-likeness (QED) is 0.232. The molecule has 3 rings (SSSR count). The predicted molar refractivity (Wildman–Crippen MR) is 124 cm³/mol. The molecule has 0 fully saturated rings. The van der Waals surface area contributed by atoms with Crippen molar-refractivity contribution in [3.8, 4) is 5.75 Å². The maximum absolute atomic E-state index is 13.7. The molecule has 3 N–H and O–H groups in total. The molecule has 0 saturated carbocycles. The van der Waals surface area contributed by atoms with E-state index in [-0.39, 0.29) is 30.6 Å². The summed E-state index contributed by atoms with van der Waals surface area (Å²) in [5, 5.41) is 2.75. The highest BCUT2D eigenvalue weighted by atomic mass is 31.2. The Labute approximate surface area is 196 Å². The Bertz CT molecular complexity index is 1180. The average Bonchev–Trinajstić information content (AvgIpc) is 3.16. The van der Waals surface area contributed by atoms with Crippen LogP contribution in [0.4, 0.5) is 10.2 Å². The summed E-state index contributed by atoms with van der Waals surface area (Å²) < 4.78 is 45.2. The number of halogens is 1. The number of nitrogens with two attached hydrogens (primary N) is 1. The Balaban J connectivity index is 1.70. The highest BCUT2D eigenvalue weighted by molar-refractivity contribution is 7.57. The fraction of sp³-hybridized carbons (Fsp3) is 0.429. The molecule has 3 aromatic rings. The van der Waals surface area contributed by atoms with Crippen LogP contribution < -0.4 is 15.3 Å². The zero-order chi connectivity index (χ0) is 24.9. The van der Waals surface area contributed by atoms with E-state index in [1.54, 1.807) is 24.7 Å². The number of carbonyl (C=O) groups excluding carboxylic acids is 1. The van der Waals surface area contributed by atoms with E-state index in [0.29, 0.717) is 17.7 Å². The lowest BCUT2D eigenvalue weighted by atomic mass is 10.1. The number of carbonyl (C=O) groups is 1. The molecule has 1 aromatic carbocycles. The second-order valence-corrected chi connectivity index (χ2v) is 10.3. The predicted octanol–water partition coefficient (Wildman–Crippen LogP) is 3.11. The third-order valence-corrected chi connectivity index (χ3v) is 6.46. The minimum Gasteiger partial charge on any atom is -0.462 e. The van der Waals surface area contributed by atoms with E-state index in [0.717, 1.165) is 0 Å². The highest BCUT2D eigenvalue weighted by Crippen LogP contribution is 2.45. The summed E-state index contributed by atoms with van der Waals surface area (Å²) in [5.41, 5.74) is 5.46. The first-order chi connectivity index (χ1) is 16.0. The molecule has 0 saturated heterocycles. The molecule has 0 aliphatic heterocycles. The standard InChI is InChI=1S/C21H28FN6O5P/c1-14(2)32-20(29)21(3,4)27-34(30,33-16-7-5-15(22)6-8-16)13-31-10-9-28-12-26-17-18(23)24-11-25-19(17)28/h5-8,11-12,14H,9-10,13H2,1-4H3,(H,27,30)(H2,23,24,25). The van der Waals surface area contributed by atoms with Gasteiger partial charge in [-0.2, -0.15) is 0 Å². The molecule has 0 aliphatic rings. The van der Waals surface area contributed by atoms with Crippen molar-refractivity contribution >= 4 is 30.5 Å². The Hall–Kier alpha value is -3.08. The summed E-state index contributed by atoms with van der Waals surface area (Å²) in [7, 11) is -3.80. The average molecular weight is 494 g/mol. The van der Waals surface area contributed by atoms with Gasteiger partial charge in [0.1, 0.15) is 35.3 Å². The number of benzene rings is 1. The third kappa shape index (κ3) is 6.49. The second-order valence-electron chi connectivity index (χ2n) is 8.32. The van der Waals surface area contributed by atoms with Crippen LogP contribution in [-0.4, -0.2) is 50.1 Å². The fourth-order valence-electron chi connectivity index (χ4n) is 2.99. The number of fused-ring (bicyclic) bond motifs is 1. The first-order valence-corrected chi connectivity index (χ1v) is 12.3. The van der Waals surface area contributed by atoms with Gasteiger partial charge >= 0.3 is 13.5 Å². The van der Waals surface area contributed by atoms with Crippen LogP contribution >= 0.6 is 7.52 Å². The van der Waals surface area contributed by atoms with Gasteiger partial charge in [0, 0.05) is 6.54 Å². The van der Waals surface area contributed by atoms with E-state index >= 15 is 0 Å². The van der Waals surface area contributed by atoms with Crippen molar-refractivity contribution in [2.24, 2.45) is 0 Å². The van der Waals surface area contributed by atoms with Crippen LogP contribution in [0.1, 0.15) is 27.7 Å². The van der Waals surface area contributed by atoms with Crippen molar-refractivity contribution in [2.75, 3.05) is 18.7 Å². The van der Waals surface area contributed by atoms with Crippen LogP contribution in [0.5, 0.6) is 5.75 Å². The largest absolute Gasteiger partial charge is 0.462 e. The molecule has 0 aliphatic carbocycles. The van der Waals surface area contributed by atoms with E-state index in [1.807, 2.05) is 0 Å². The van der Waals surface area contributed by atoms with E-state index in [4.69, 9.17) is 19.7 Å². The molecule has 13 heteroatoms. The highest BCUT2D eigenvalue weighted by Gasteiger charge is 2.39. The van der Waals surface area contributed by atoms with Crippen LogP contribution in [0.15, 0.2) is 36.9 Å². The number of nitrogens with zero attached hydrogens (tertiary/aromatic N) is 4. The number of esters is 1. The summed E-state index contributed by atoms with van der Waals surface area (Å²) in [4.78, 5) is 24.7. The molecule has 2 heterocycles. The summed E-state index contributed by atoms with van der Waals surface area (Å²) in [5.74, 6) is -0.653. The van der Waals surface area contributed by atoms with Crippen molar-refractivity contribution in [2.45, 2.75) is 45.9 Å². The van der Waals surface area contributed by atoms with Gasteiger partial charge in [0.15, 0.2) is 11.5 Å². The molecule has 2 aromatic heterocycles. The molecule has 184 valence electrons. The molecule has 1 unspecified atom stereocenters. The maximum atomic E-state index is 13.7. The van der Waals surface area contributed by atoms with Gasteiger partial charge in [-0.1, -0.05) is 0 Å². The van der Waals surface area contributed by atoms with Gasteiger partial charge in [-0.15, -0.1) is 0 Å². The monoisotopic (exact) mass is 494 g/mol. The number of hydrogen-bond donors (Lipinski definition) is 2. The van der Waals surface area contributed by atoms with E-state index < -0.39 is 24.8 Å². The third-order valence-electron chi connectivity index (χ3n) is 4.54. The van der Waals surface area contributed by atoms with Gasteiger partial charge in [0.2, 0.25) is 0 Å². The van der Waals surface area contributed by atoms with Gasteiger partial charge in [-0.05, 0) is 52.0 Å². The first-order valence-electron chi connectivity index (χ1n) is 10.5. The van der Waals surface area contributed by atoms with E-state index in [1.165, 1.54) is 44.4 Å². The second kappa shape index (κ2) is 10.5. The molecule has 0 bridgehead atoms. The Kier molecular flexibility index (Phi) is 7.86. The van der Waals surface area contributed by atoms with Gasteiger partial charge in [0.25, 0.3) is 0 Å². The number of rotatable bonds is 11. The van der Waals surface area contributed by atoms with Crippen molar-refractivity contribution < 1.29 is 27.7 Å². The van der Waals surface area contributed by atoms with Crippen LogP contribution in [-0.2, 0) is 25.4 Å². The van der Waals surface area contributed by atoms with Crippen molar-refractivity contribution in [3.05, 3.63) is 42.7 Å². The first kappa shape index (κ1) is 25.5. The van der Waals surface area contributed by atoms with E-state index in [2.05, 4.69) is 20.0 Å². The smallest absolute Gasteiger partial charge is 0.342 e. The lowest BCUT2D eigenvalue weighted by molar-refractivity contribution is -0.153. The molecular weight excluding hydrogens is 466 g/mol. The van der Waals surface area contributed by atoms with Crippen LogP contribution in [0.25, 0.3) is 11.2 Å². The lowest BCUT2D eigenvalue weighted by Gasteiger charge is -2.30. The number of nitrogen functional groups attached to an aromatic ring is 1. The Morgan fingerprint density at radius 2 is 1.94 bits per heavy atom. The number of aromatic nitrogens is 4. The summed E-state index contributed by atoms with van der Waals surface area (Å²) in [6, 6.07) is 5.03. The molecule has 0 radical (unpaired) electrons. The number of imidazole rings is 1. The van der Waals surface area contributed by atoms with Crippen molar-refractivity contribution in [1.29, 1.82) is 0 Å². The molecule has 1 atom stereocenters. The molecular formula is C21H28FN6O5P. The molecule has 11 nitrogen and oxygen atoms in total. The molecule has 0 amide bonds. The maximum Gasteiger partial charge on any atom is 0.342 e. The van der Waals surface area contributed by atoms with Gasteiger partial charge in [-0.3, -0.25) is 9.36 Å². The minimum atomic E-state index is -3.80. The van der Waals surface area contributed by atoms with Gasteiger partial charge in [-0.25, -0.2) is 24.4 Å². The summed E-state index contributed by atoms with van der Waals surface area (Å²) in [6.07, 6.45) is 2.16. The zero-order valence-electron chi connectivity index (χ0n) is 19.4. The topological polar surface area (TPSA) is 143 Å². The van der Waals surface area contributed by atoms with Gasteiger partial charge in [0.05, 0.1) is 19.0 Å². The number of hydrogen-bond acceptors (Lipinski definition) is 9. The normalized spacial score (nSPS) is 13.7. The van der Waals surface area contributed by atoms with E-state index in [9.17, 15) is 13.8 Å². The SMILES string of the molecule is CC(C)OC(=O)C(C)(C)NP(=O)(COCCn1cnc2c(N)ncnc21)Oc1ccc(F)cc1. The number of anilines is 1. The Morgan fingerprint density at radius 1 is 1.24 bits per heavy atom. The fourth-order valence-corrected chi connectivity index (χ4v) is 4.93. The van der Waals surface area contributed by atoms with Crippen LogP contribution in [0.3, 0.4) is 0 Å². The molecule has 0 spiro atoms. The van der Waals surface area contributed by atoms with Crippen LogP contribution in [0, 0.1) is 5.82 Å². The minimum absolute atomic E-state index is 0.130. The van der Waals surface area contributed by atoms with Crippen molar-refractivity contribution in [1.82, 2.24) is 24.6 Å². The summed E-state index contributed by atoms with van der Waals surface area (Å²) in [6.45, 7) is 6.95. The Morgan fingerprint density at radius 3 is 2.62 bits per heavy atom. The molecule has 34 heavy (non-hydrogen) atoms. The van der Waals surface area contributed by atoms with Crippen LogP contribution in [0.2, 0.25) is 0 Å². The lowest BCUT2D eigenvalue weighted by Crippen LogP contribution is -2.48. The number of ether oxygens (including phenoxy) is 2.